The zero-order chi connectivity index (χ0) is 31.4. The number of halogens is 2. The number of urea groups is 2. The molecular formula is C32H35F2N5O5. The summed E-state index contributed by atoms with van der Waals surface area (Å²) in [7, 11) is 2.50. The van der Waals surface area contributed by atoms with E-state index in [2.05, 4.69) is 21.6 Å². The standard InChI is InChI=1S/C32H35F2N5O5/c1-43-18-26-27(29(40)44-2)28(20-8-11-24(33)25(34)16-20)39(31(42)37-26)30(41)36-22-9-10-23(17-22)38-14-12-32(19-35,13-15-38)21-6-4-3-5-7-21/h3-8,11,16,22-23,28H,9-10,12-15,17-18H2,1-2H3,(H,36,41)(H,37,42)/t22-,23-,28-/m0/s1. The number of nitrogens with zero attached hydrogens (tertiary/aromatic N) is 3. The molecule has 12 heteroatoms. The van der Waals surface area contributed by atoms with Crippen LogP contribution in [0.2, 0.25) is 0 Å². The smallest absolute Gasteiger partial charge is 0.338 e. The lowest BCUT2D eigenvalue weighted by Crippen LogP contribution is -2.56. The SMILES string of the molecule is COCC1=C(C(=O)OC)[C@H](c2ccc(F)c(F)c2)N(C(=O)N[C@H]2CC[C@H](N3CCC(C#N)(c4ccccc4)CC3)C2)C(=O)N1. The van der Waals surface area contributed by atoms with Crippen molar-refractivity contribution < 1.29 is 32.6 Å². The second kappa shape index (κ2) is 13.1. The van der Waals surface area contributed by atoms with Crippen LogP contribution in [0.4, 0.5) is 18.4 Å². The third kappa shape index (κ3) is 6.02. The molecule has 10 nitrogen and oxygen atoms in total. The summed E-state index contributed by atoms with van der Waals surface area (Å²) in [5, 5.41) is 15.5. The lowest BCUT2D eigenvalue weighted by atomic mass is 9.74. The van der Waals surface area contributed by atoms with E-state index in [1.54, 1.807) is 0 Å². The Morgan fingerprint density at radius 3 is 2.45 bits per heavy atom. The largest absolute Gasteiger partial charge is 0.466 e. The van der Waals surface area contributed by atoms with Gasteiger partial charge >= 0.3 is 18.0 Å². The molecule has 44 heavy (non-hydrogen) atoms. The number of hydrogen-bond donors (Lipinski definition) is 2. The van der Waals surface area contributed by atoms with Gasteiger partial charge in [0.1, 0.15) is 6.04 Å². The Balaban J connectivity index is 1.32. The molecule has 0 spiro atoms. The predicted molar refractivity (Wildman–Crippen MR) is 155 cm³/mol. The summed E-state index contributed by atoms with van der Waals surface area (Å²) >= 11 is 0. The maximum Gasteiger partial charge on any atom is 0.338 e. The fourth-order valence-corrected chi connectivity index (χ4v) is 6.64. The van der Waals surface area contributed by atoms with Gasteiger partial charge < -0.3 is 25.0 Å². The van der Waals surface area contributed by atoms with Crippen LogP contribution in [0, 0.1) is 23.0 Å². The summed E-state index contributed by atoms with van der Waals surface area (Å²) in [4.78, 5) is 43.1. The average molecular weight is 608 g/mol. The van der Waals surface area contributed by atoms with Crippen molar-refractivity contribution in [2.45, 2.75) is 55.6 Å². The third-order valence-corrected chi connectivity index (χ3v) is 8.95. The zero-order valence-corrected chi connectivity index (χ0v) is 24.6. The first-order chi connectivity index (χ1) is 21.2. The van der Waals surface area contributed by atoms with Crippen LogP contribution in [0.25, 0.3) is 0 Å². The number of methoxy groups -OCH3 is 2. The number of piperidine rings is 1. The Morgan fingerprint density at radius 1 is 1.09 bits per heavy atom. The van der Waals surface area contributed by atoms with E-state index in [1.807, 2.05) is 30.3 Å². The van der Waals surface area contributed by atoms with E-state index in [4.69, 9.17) is 9.47 Å². The zero-order valence-electron chi connectivity index (χ0n) is 24.6. The molecule has 0 aromatic heterocycles. The van der Waals surface area contributed by atoms with Gasteiger partial charge in [-0.1, -0.05) is 36.4 Å². The van der Waals surface area contributed by atoms with Crippen molar-refractivity contribution in [3.8, 4) is 6.07 Å². The third-order valence-electron chi connectivity index (χ3n) is 8.95. The van der Waals surface area contributed by atoms with Gasteiger partial charge in [0, 0.05) is 32.3 Å². The predicted octanol–water partition coefficient (Wildman–Crippen LogP) is 4.29. The second-order valence-electron chi connectivity index (χ2n) is 11.4. The first-order valence-corrected chi connectivity index (χ1v) is 14.6. The Bertz CT molecular complexity index is 1490. The molecule has 1 aliphatic carbocycles. The highest BCUT2D eigenvalue weighted by Crippen LogP contribution is 2.38. The molecule has 2 aromatic rings. The van der Waals surface area contributed by atoms with Crippen molar-refractivity contribution in [2.75, 3.05) is 33.9 Å². The summed E-state index contributed by atoms with van der Waals surface area (Å²) in [6.45, 7) is 1.30. The van der Waals surface area contributed by atoms with Crippen molar-refractivity contribution >= 4 is 18.0 Å². The van der Waals surface area contributed by atoms with Crippen molar-refractivity contribution in [2.24, 2.45) is 0 Å². The van der Waals surface area contributed by atoms with E-state index in [-0.39, 0.29) is 35.5 Å². The molecule has 5 rings (SSSR count). The summed E-state index contributed by atoms with van der Waals surface area (Å²) in [5.41, 5.74) is 0.445. The molecule has 232 valence electrons. The molecule has 2 aliphatic heterocycles. The van der Waals surface area contributed by atoms with Gasteiger partial charge in [0.25, 0.3) is 0 Å². The summed E-state index contributed by atoms with van der Waals surface area (Å²) in [6, 6.07) is 12.2. The molecule has 0 bridgehead atoms. The quantitative estimate of drug-likeness (QED) is 0.450. The number of esters is 1. The van der Waals surface area contributed by atoms with Crippen LogP contribution in [0.15, 0.2) is 59.8 Å². The molecule has 2 aromatic carbocycles. The van der Waals surface area contributed by atoms with Crippen molar-refractivity contribution in [1.82, 2.24) is 20.4 Å². The number of carbonyl (C=O) groups excluding carboxylic acids is 3. The fraction of sp³-hybridized carbons (Fsp3) is 0.438. The van der Waals surface area contributed by atoms with Crippen LogP contribution in [-0.2, 0) is 19.7 Å². The molecule has 2 N–H and O–H groups in total. The topological polar surface area (TPSA) is 124 Å². The lowest BCUT2D eigenvalue weighted by molar-refractivity contribution is -0.137. The van der Waals surface area contributed by atoms with Crippen LogP contribution < -0.4 is 10.6 Å². The summed E-state index contributed by atoms with van der Waals surface area (Å²) in [5.74, 6) is -3.17. The number of ether oxygens (including phenoxy) is 2. The maximum atomic E-state index is 14.4. The van der Waals surface area contributed by atoms with Crippen LogP contribution in [0.5, 0.6) is 0 Å². The van der Waals surface area contributed by atoms with E-state index in [0.717, 1.165) is 49.2 Å². The Hall–Kier alpha value is -4.34. The van der Waals surface area contributed by atoms with E-state index < -0.39 is 41.1 Å². The number of nitrogens with one attached hydrogen (secondary N) is 2. The normalized spacial score (nSPS) is 23.6. The molecule has 3 aliphatic rings. The lowest BCUT2D eigenvalue weighted by Gasteiger charge is -2.40. The summed E-state index contributed by atoms with van der Waals surface area (Å²) in [6.07, 6.45) is 3.53. The minimum absolute atomic E-state index is 0.0138. The van der Waals surface area contributed by atoms with Gasteiger partial charge in [0.05, 0.1) is 36.5 Å². The minimum atomic E-state index is -1.40. The number of nitriles is 1. The van der Waals surface area contributed by atoms with E-state index in [0.29, 0.717) is 25.7 Å². The highest BCUT2D eigenvalue weighted by Gasteiger charge is 2.45. The number of benzene rings is 2. The first-order valence-electron chi connectivity index (χ1n) is 14.6. The monoisotopic (exact) mass is 607 g/mol. The number of imide groups is 1. The second-order valence-corrected chi connectivity index (χ2v) is 11.4. The number of likely N-dealkylation sites (tertiary alicyclic amines) is 1. The molecule has 1 saturated carbocycles. The van der Waals surface area contributed by atoms with Gasteiger partial charge in [-0.25, -0.2) is 28.1 Å². The van der Waals surface area contributed by atoms with Crippen LogP contribution in [-0.4, -0.2) is 73.8 Å². The Labute approximate surface area is 254 Å². The highest BCUT2D eigenvalue weighted by molar-refractivity contribution is 6.01. The molecule has 2 fully saturated rings. The first kappa shape index (κ1) is 31.1. The van der Waals surface area contributed by atoms with Gasteiger partial charge in [-0.3, -0.25) is 0 Å². The molecule has 1 saturated heterocycles. The van der Waals surface area contributed by atoms with Gasteiger partial charge in [-0.05, 0) is 55.4 Å². The van der Waals surface area contributed by atoms with Crippen molar-refractivity contribution in [1.29, 1.82) is 5.26 Å². The molecule has 3 atom stereocenters. The Morgan fingerprint density at radius 2 is 1.82 bits per heavy atom. The number of carbonyl (C=O) groups is 3. The van der Waals surface area contributed by atoms with Crippen LogP contribution in [0.3, 0.4) is 0 Å². The van der Waals surface area contributed by atoms with Crippen molar-refractivity contribution in [3.05, 3.63) is 82.6 Å². The highest BCUT2D eigenvalue weighted by atomic mass is 19.2. The number of rotatable bonds is 7. The minimum Gasteiger partial charge on any atom is -0.466 e. The molecule has 0 radical (unpaired) electrons. The average Bonchev–Trinajstić information content (AvgIpc) is 3.50. The van der Waals surface area contributed by atoms with E-state index >= 15 is 0 Å². The fourth-order valence-electron chi connectivity index (χ4n) is 6.64. The Kier molecular flexibility index (Phi) is 9.27. The molecule has 4 amide bonds. The number of hydrogen-bond acceptors (Lipinski definition) is 7. The van der Waals surface area contributed by atoms with Gasteiger partial charge in [-0.2, -0.15) is 5.26 Å². The van der Waals surface area contributed by atoms with Gasteiger partial charge in [0.2, 0.25) is 0 Å². The van der Waals surface area contributed by atoms with Crippen LogP contribution >= 0.6 is 0 Å². The van der Waals surface area contributed by atoms with Gasteiger partial charge in [-0.15, -0.1) is 0 Å². The van der Waals surface area contributed by atoms with Crippen molar-refractivity contribution in [3.63, 3.8) is 0 Å². The van der Waals surface area contributed by atoms with Crippen LogP contribution in [0.1, 0.15) is 49.3 Å². The number of amides is 4. The van der Waals surface area contributed by atoms with Gasteiger partial charge in [0.15, 0.2) is 11.6 Å². The molecular weight excluding hydrogens is 572 g/mol. The summed E-state index contributed by atoms with van der Waals surface area (Å²) < 4.78 is 38.3. The molecule has 0 unspecified atom stereocenters. The van der Waals surface area contributed by atoms with E-state index in [1.165, 1.54) is 13.2 Å². The van der Waals surface area contributed by atoms with E-state index in [9.17, 15) is 28.4 Å². The molecule has 2 heterocycles. The maximum absolute atomic E-state index is 14.4.